The van der Waals surface area contributed by atoms with Crippen molar-refractivity contribution in [1.29, 1.82) is 0 Å². The van der Waals surface area contributed by atoms with E-state index < -0.39 is 17.1 Å². The molecule has 1 N–H and O–H groups in total. The summed E-state index contributed by atoms with van der Waals surface area (Å²) in [7, 11) is 0. The van der Waals surface area contributed by atoms with Crippen molar-refractivity contribution >= 4 is 0 Å². The quantitative estimate of drug-likeness (QED) is 0.565. The summed E-state index contributed by atoms with van der Waals surface area (Å²) in [5.74, 6) is 0.963. The number of hydrogen-bond donors (Lipinski definition) is 1. The lowest BCUT2D eigenvalue weighted by Gasteiger charge is -2.11. The molecule has 0 amide bonds. The zero-order valence-corrected chi connectivity index (χ0v) is 16.3. The first kappa shape index (κ1) is 19.1. The number of para-hydroxylation sites is 1. The molecule has 30 heavy (non-hydrogen) atoms. The molecule has 2 heterocycles. The molecule has 4 aromatic rings. The summed E-state index contributed by atoms with van der Waals surface area (Å²) in [5, 5.41) is 0. The molecule has 0 saturated heterocycles. The van der Waals surface area contributed by atoms with Crippen molar-refractivity contribution in [3.8, 4) is 23.0 Å². The Morgan fingerprint density at radius 1 is 0.833 bits per heavy atom. The molecule has 0 aliphatic carbocycles. The molecule has 8 heteroatoms. The van der Waals surface area contributed by atoms with Crippen molar-refractivity contribution in [1.82, 2.24) is 19.1 Å². The first-order valence-corrected chi connectivity index (χ1v) is 9.19. The van der Waals surface area contributed by atoms with E-state index >= 15 is 0 Å². The number of aromatic nitrogens is 4. The lowest BCUT2D eigenvalue weighted by atomic mass is 10.2. The maximum atomic E-state index is 13.0. The number of nitrogens with zero attached hydrogens (tertiary/aromatic N) is 3. The van der Waals surface area contributed by atoms with Crippen LogP contribution in [-0.2, 0) is 0 Å². The van der Waals surface area contributed by atoms with Crippen LogP contribution in [0.2, 0.25) is 0 Å². The van der Waals surface area contributed by atoms with Crippen LogP contribution in [0.25, 0.3) is 11.4 Å². The minimum atomic E-state index is -0.841. The van der Waals surface area contributed by atoms with E-state index in [2.05, 4.69) is 9.97 Å². The van der Waals surface area contributed by atoms with Crippen LogP contribution in [0.5, 0.6) is 11.6 Å². The van der Waals surface area contributed by atoms with Crippen LogP contribution in [0.1, 0.15) is 11.1 Å². The highest BCUT2D eigenvalue weighted by Gasteiger charge is 2.15. The van der Waals surface area contributed by atoms with Crippen molar-refractivity contribution in [2.24, 2.45) is 0 Å². The first-order valence-electron chi connectivity index (χ1n) is 9.19. The van der Waals surface area contributed by atoms with E-state index in [0.29, 0.717) is 22.9 Å². The van der Waals surface area contributed by atoms with E-state index in [0.717, 1.165) is 14.7 Å². The minimum absolute atomic E-state index is 0.222. The van der Waals surface area contributed by atoms with Crippen molar-refractivity contribution in [3.63, 3.8) is 0 Å². The van der Waals surface area contributed by atoms with Crippen LogP contribution >= 0.6 is 0 Å². The molecule has 0 aliphatic heterocycles. The average Bonchev–Trinajstić information content (AvgIpc) is 2.72. The van der Waals surface area contributed by atoms with Crippen LogP contribution in [0.3, 0.4) is 0 Å². The summed E-state index contributed by atoms with van der Waals surface area (Å²) in [5.41, 5.74) is -0.258. The van der Waals surface area contributed by atoms with E-state index in [9.17, 15) is 14.4 Å². The fourth-order valence-electron chi connectivity index (χ4n) is 3.00. The summed E-state index contributed by atoms with van der Waals surface area (Å²) in [6.45, 7) is 3.65. The molecular formula is C22H18N4O4. The fourth-order valence-corrected chi connectivity index (χ4v) is 3.00. The van der Waals surface area contributed by atoms with Gasteiger partial charge in [-0.1, -0.05) is 35.9 Å². The summed E-state index contributed by atoms with van der Waals surface area (Å²) >= 11 is 0. The maximum absolute atomic E-state index is 13.0. The normalized spacial score (nSPS) is 10.7. The van der Waals surface area contributed by atoms with E-state index in [-0.39, 0.29) is 5.69 Å². The van der Waals surface area contributed by atoms with Gasteiger partial charge >= 0.3 is 17.1 Å². The third-order valence-electron chi connectivity index (χ3n) is 4.53. The Hall–Kier alpha value is -4.20. The second-order valence-electron chi connectivity index (χ2n) is 6.75. The summed E-state index contributed by atoms with van der Waals surface area (Å²) in [6, 6.07) is 17.6. The Labute approximate surface area is 170 Å². The van der Waals surface area contributed by atoms with Crippen molar-refractivity contribution in [2.75, 3.05) is 0 Å². The van der Waals surface area contributed by atoms with Gasteiger partial charge in [0.05, 0.1) is 17.6 Å². The van der Waals surface area contributed by atoms with Gasteiger partial charge in [-0.15, -0.1) is 0 Å². The van der Waals surface area contributed by atoms with Crippen LogP contribution in [0, 0.1) is 13.8 Å². The molecule has 0 atom stereocenters. The predicted molar refractivity (Wildman–Crippen MR) is 112 cm³/mol. The highest BCUT2D eigenvalue weighted by Crippen LogP contribution is 2.23. The summed E-state index contributed by atoms with van der Waals surface area (Å²) in [6.07, 6.45) is 1.35. The van der Waals surface area contributed by atoms with Gasteiger partial charge in [0.2, 0.25) is 5.88 Å². The molecule has 0 saturated carbocycles. The molecule has 0 bridgehead atoms. The molecule has 0 unspecified atom stereocenters. The molecule has 0 spiro atoms. The molecular weight excluding hydrogens is 384 g/mol. The van der Waals surface area contributed by atoms with Gasteiger partial charge in [-0.3, -0.25) is 4.98 Å². The Morgan fingerprint density at radius 3 is 2.10 bits per heavy atom. The van der Waals surface area contributed by atoms with Gasteiger partial charge in [0.1, 0.15) is 5.75 Å². The number of hydrogen-bond acceptors (Lipinski definition) is 5. The molecule has 0 fully saturated rings. The van der Waals surface area contributed by atoms with Gasteiger partial charge in [0.25, 0.3) is 0 Å². The fraction of sp³-hybridized carbons (Fsp3) is 0.0909. The van der Waals surface area contributed by atoms with Crippen LogP contribution in [0.4, 0.5) is 0 Å². The number of ether oxygens (including phenoxy) is 1. The van der Waals surface area contributed by atoms with Gasteiger partial charge in [0, 0.05) is 5.56 Å². The number of aryl methyl sites for hydroxylation is 2. The summed E-state index contributed by atoms with van der Waals surface area (Å²) in [4.78, 5) is 44.2. The second kappa shape index (κ2) is 7.67. The SMILES string of the molecule is Cc1ccc(-n2c(=O)[nH]c(=O)n(-c3cnc(Oc4ccccc4)c(C)c3)c2=O)cc1. The first-order chi connectivity index (χ1) is 14.4. The number of rotatable bonds is 4. The maximum Gasteiger partial charge on any atom is 0.345 e. The van der Waals surface area contributed by atoms with Gasteiger partial charge in [-0.05, 0) is 44.2 Å². The molecule has 2 aromatic carbocycles. The van der Waals surface area contributed by atoms with E-state index in [4.69, 9.17) is 4.74 Å². The molecule has 4 rings (SSSR count). The lowest BCUT2D eigenvalue weighted by molar-refractivity contribution is 0.458. The number of pyridine rings is 1. The van der Waals surface area contributed by atoms with E-state index in [1.807, 2.05) is 25.1 Å². The molecule has 8 nitrogen and oxygen atoms in total. The predicted octanol–water partition coefficient (Wildman–Crippen LogP) is 2.48. The Balaban J connectivity index is 1.81. The zero-order chi connectivity index (χ0) is 21.3. The molecule has 0 radical (unpaired) electrons. The standard InChI is InChI=1S/C22H18N4O4/c1-14-8-10-16(11-9-14)25-20(27)24-21(28)26(22(25)29)17-12-15(2)19(23-13-17)30-18-6-4-3-5-7-18/h3-13H,1-2H3,(H,24,27,28). The number of nitrogens with one attached hydrogen (secondary N) is 1. The highest BCUT2D eigenvalue weighted by molar-refractivity contribution is 5.40. The van der Waals surface area contributed by atoms with Crippen LogP contribution < -0.4 is 21.8 Å². The van der Waals surface area contributed by atoms with Gasteiger partial charge in [-0.2, -0.15) is 0 Å². The number of benzene rings is 2. The second-order valence-corrected chi connectivity index (χ2v) is 6.75. The number of aromatic amines is 1. The van der Waals surface area contributed by atoms with Gasteiger partial charge < -0.3 is 4.74 Å². The van der Waals surface area contributed by atoms with Crippen LogP contribution in [0.15, 0.2) is 81.2 Å². The highest BCUT2D eigenvalue weighted by atomic mass is 16.5. The van der Waals surface area contributed by atoms with Crippen molar-refractivity contribution < 1.29 is 4.74 Å². The topological polar surface area (TPSA) is 99.0 Å². The Kier molecular flexibility index (Phi) is 4.89. The molecule has 0 aliphatic rings. The third-order valence-corrected chi connectivity index (χ3v) is 4.53. The summed E-state index contributed by atoms with van der Waals surface area (Å²) < 4.78 is 7.52. The largest absolute Gasteiger partial charge is 0.439 e. The number of H-pyrrole nitrogens is 1. The van der Waals surface area contributed by atoms with Crippen LogP contribution in [-0.4, -0.2) is 19.1 Å². The smallest absolute Gasteiger partial charge is 0.345 e. The van der Waals surface area contributed by atoms with E-state index in [1.54, 1.807) is 49.4 Å². The minimum Gasteiger partial charge on any atom is -0.439 e. The molecule has 2 aromatic heterocycles. The zero-order valence-electron chi connectivity index (χ0n) is 16.3. The average molecular weight is 402 g/mol. The van der Waals surface area contributed by atoms with Crippen molar-refractivity contribution in [2.45, 2.75) is 13.8 Å². The van der Waals surface area contributed by atoms with E-state index in [1.165, 1.54) is 6.20 Å². The monoisotopic (exact) mass is 402 g/mol. The third kappa shape index (κ3) is 3.58. The Bertz CT molecular complexity index is 1380. The lowest BCUT2D eigenvalue weighted by Crippen LogP contribution is -2.48. The molecule has 150 valence electrons. The van der Waals surface area contributed by atoms with Crippen molar-refractivity contribution in [3.05, 3.63) is 109 Å². The Morgan fingerprint density at radius 2 is 1.47 bits per heavy atom. The van der Waals surface area contributed by atoms with Gasteiger partial charge in [-0.25, -0.2) is 28.5 Å². The van der Waals surface area contributed by atoms with Gasteiger partial charge in [0.15, 0.2) is 0 Å².